The number of aryl methyl sites for hydroxylation is 1. The van der Waals surface area contributed by atoms with Crippen molar-refractivity contribution in [2.75, 3.05) is 14.2 Å². The Morgan fingerprint density at radius 2 is 2.31 bits per heavy atom. The second-order valence-electron chi connectivity index (χ2n) is 6.00. The third-order valence-corrected chi connectivity index (χ3v) is 4.09. The van der Waals surface area contributed by atoms with Gasteiger partial charge in [-0.1, -0.05) is 12.1 Å². The molecule has 0 spiro atoms. The SMILES string of the molecule is CN=C(NCc1cccc(F)c1)NC1CCc2nc(COC)nn2C1.I. The molecule has 1 aromatic heterocycles. The van der Waals surface area contributed by atoms with E-state index in [1.54, 1.807) is 20.2 Å². The highest BCUT2D eigenvalue weighted by Crippen LogP contribution is 2.13. The molecule has 0 radical (unpaired) electrons. The molecule has 1 aliphatic heterocycles. The number of ether oxygens (including phenoxy) is 1. The fourth-order valence-corrected chi connectivity index (χ4v) is 2.89. The molecule has 2 aromatic rings. The van der Waals surface area contributed by atoms with E-state index in [-0.39, 0.29) is 35.8 Å². The molecule has 1 unspecified atom stereocenters. The smallest absolute Gasteiger partial charge is 0.191 e. The first-order valence-corrected chi connectivity index (χ1v) is 8.31. The van der Waals surface area contributed by atoms with Crippen LogP contribution in [0.1, 0.15) is 23.6 Å². The molecule has 2 N–H and O–H groups in total. The Morgan fingerprint density at radius 1 is 1.46 bits per heavy atom. The van der Waals surface area contributed by atoms with E-state index in [1.165, 1.54) is 12.1 Å². The number of guanidine groups is 1. The summed E-state index contributed by atoms with van der Waals surface area (Å²) < 4.78 is 20.3. The minimum atomic E-state index is -0.236. The van der Waals surface area contributed by atoms with Crippen molar-refractivity contribution in [3.8, 4) is 0 Å². The Labute approximate surface area is 169 Å². The zero-order valence-electron chi connectivity index (χ0n) is 14.9. The highest BCUT2D eigenvalue weighted by molar-refractivity contribution is 14.0. The van der Waals surface area contributed by atoms with Gasteiger partial charge in [0, 0.05) is 33.2 Å². The summed E-state index contributed by atoms with van der Waals surface area (Å²) in [6.07, 6.45) is 1.81. The fourth-order valence-electron chi connectivity index (χ4n) is 2.89. The van der Waals surface area contributed by atoms with Crippen LogP contribution in [0.5, 0.6) is 0 Å². The Bertz CT molecular complexity index is 751. The average molecular weight is 474 g/mol. The number of fused-ring (bicyclic) bond motifs is 1. The number of nitrogens with zero attached hydrogens (tertiary/aromatic N) is 4. The molecular weight excluding hydrogens is 450 g/mol. The number of rotatable bonds is 5. The standard InChI is InChI=1S/C17H23FN6O.HI/c1-19-17(20-9-12-4-3-5-13(18)8-12)21-14-6-7-16-22-15(11-25-2)23-24(16)10-14;/h3-5,8,14H,6-7,9-11H2,1-2H3,(H2,19,20,21);1H. The molecular formula is C17H24FIN6O. The average Bonchev–Trinajstić information content (AvgIpc) is 3.00. The summed E-state index contributed by atoms with van der Waals surface area (Å²) in [6.45, 7) is 1.67. The van der Waals surface area contributed by atoms with Gasteiger partial charge < -0.3 is 15.4 Å². The summed E-state index contributed by atoms with van der Waals surface area (Å²) in [5.41, 5.74) is 0.870. The molecule has 0 saturated carbocycles. The van der Waals surface area contributed by atoms with Crippen molar-refractivity contribution in [2.24, 2.45) is 4.99 Å². The predicted octanol–water partition coefficient (Wildman–Crippen LogP) is 1.86. The minimum Gasteiger partial charge on any atom is -0.377 e. The van der Waals surface area contributed by atoms with Crippen LogP contribution < -0.4 is 10.6 Å². The highest BCUT2D eigenvalue weighted by atomic mass is 127. The van der Waals surface area contributed by atoms with Crippen molar-refractivity contribution in [3.05, 3.63) is 47.3 Å². The molecule has 1 aromatic carbocycles. The molecule has 0 aliphatic carbocycles. The van der Waals surface area contributed by atoms with Gasteiger partial charge in [-0.3, -0.25) is 4.99 Å². The van der Waals surface area contributed by atoms with Crippen LogP contribution in [-0.4, -0.2) is 40.9 Å². The van der Waals surface area contributed by atoms with Gasteiger partial charge >= 0.3 is 0 Å². The van der Waals surface area contributed by atoms with Gasteiger partial charge in [0.15, 0.2) is 11.8 Å². The van der Waals surface area contributed by atoms with Gasteiger partial charge in [0.05, 0.1) is 6.54 Å². The van der Waals surface area contributed by atoms with Crippen LogP contribution >= 0.6 is 24.0 Å². The molecule has 7 nitrogen and oxygen atoms in total. The van der Waals surface area contributed by atoms with E-state index in [1.807, 2.05) is 10.7 Å². The second kappa shape index (κ2) is 9.81. The topological polar surface area (TPSA) is 76.4 Å². The monoisotopic (exact) mass is 474 g/mol. The molecule has 3 rings (SSSR count). The van der Waals surface area contributed by atoms with Crippen LogP contribution in [0.2, 0.25) is 0 Å². The van der Waals surface area contributed by atoms with Gasteiger partial charge in [0.1, 0.15) is 18.2 Å². The molecule has 9 heteroatoms. The Hall–Kier alpha value is -1.75. The third kappa shape index (κ3) is 5.37. The largest absolute Gasteiger partial charge is 0.377 e. The normalized spacial score (nSPS) is 16.6. The first-order chi connectivity index (χ1) is 12.2. The summed E-state index contributed by atoms with van der Waals surface area (Å²) in [7, 11) is 3.36. The maximum Gasteiger partial charge on any atom is 0.191 e. The van der Waals surface area contributed by atoms with E-state index in [2.05, 4.69) is 25.7 Å². The van der Waals surface area contributed by atoms with E-state index in [0.29, 0.717) is 24.9 Å². The van der Waals surface area contributed by atoms with Gasteiger partial charge in [0.25, 0.3) is 0 Å². The third-order valence-electron chi connectivity index (χ3n) is 4.09. The quantitative estimate of drug-likeness (QED) is 0.393. The van der Waals surface area contributed by atoms with E-state index in [9.17, 15) is 4.39 Å². The minimum absolute atomic E-state index is 0. The summed E-state index contributed by atoms with van der Waals surface area (Å²) in [4.78, 5) is 8.72. The lowest BCUT2D eigenvalue weighted by molar-refractivity contribution is 0.177. The van der Waals surface area contributed by atoms with Crippen LogP contribution in [0.25, 0.3) is 0 Å². The summed E-state index contributed by atoms with van der Waals surface area (Å²) >= 11 is 0. The Balaban J connectivity index is 0.00000243. The number of hydrogen-bond donors (Lipinski definition) is 2. The molecule has 0 bridgehead atoms. The Morgan fingerprint density at radius 3 is 3.04 bits per heavy atom. The molecule has 0 saturated heterocycles. The fraction of sp³-hybridized carbons (Fsp3) is 0.471. The van der Waals surface area contributed by atoms with Crippen molar-refractivity contribution < 1.29 is 9.13 Å². The van der Waals surface area contributed by atoms with Gasteiger partial charge in [0.2, 0.25) is 0 Å². The van der Waals surface area contributed by atoms with E-state index in [4.69, 9.17) is 4.74 Å². The zero-order chi connectivity index (χ0) is 17.6. The maximum absolute atomic E-state index is 13.2. The lowest BCUT2D eigenvalue weighted by atomic mass is 10.1. The summed E-state index contributed by atoms with van der Waals surface area (Å²) in [6, 6.07) is 6.74. The lowest BCUT2D eigenvalue weighted by Crippen LogP contribution is -2.46. The number of benzene rings is 1. The van der Waals surface area contributed by atoms with Crippen molar-refractivity contribution in [1.29, 1.82) is 0 Å². The molecule has 2 heterocycles. The van der Waals surface area contributed by atoms with E-state index in [0.717, 1.165) is 30.8 Å². The second-order valence-corrected chi connectivity index (χ2v) is 6.00. The van der Waals surface area contributed by atoms with Crippen LogP contribution in [-0.2, 0) is 30.9 Å². The van der Waals surface area contributed by atoms with Gasteiger partial charge in [-0.15, -0.1) is 24.0 Å². The lowest BCUT2D eigenvalue weighted by Gasteiger charge is -2.25. The van der Waals surface area contributed by atoms with Gasteiger partial charge in [-0.25, -0.2) is 14.1 Å². The molecule has 1 atom stereocenters. The molecule has 26 heavy (non-hydrogen) atoms. The van der Waals surface area contributed by atoms with Crippen LogP contribution in [0.15, 0.2) is 29.3 Å². The number of aromatic nitrogens is 3. The van der Waals surface area contributed by atoms with Gasteiger partial charge in [-0.2, -0.15) is 5.10 Å². The molecule has 0 amide bonds. The van der Waals surface area contributed by atoms with Crippen molar-refractivity contribution in [3.63, 3.8) is 0 Å². The first-order valence-electron chi connectivity index (χ1n) is 8.31. The highest BCUT2D eigenvalue weighted by Gasteiger charge is 2.22. The number of hydrogen-bond acceptors (Lipinski definition) is 4. The van der Waals surface area contributed by atoms with Crippen molar-refractivity contribution in [2.45, 2.75) is 38.6 Å². The molecule has 0 fully saturated rings. The molecule has 1 aliphatic rings. The van der Waals surface area contributed by atoms with Crippen LogP contribution in [0.3, 0.4) is 0 Å². The summed E-state index contributed by atoms with van der Waals surface area (Å²) in [5.74, 6) is 2.16. The van der Waals surface area contributed by atoms with E-state index >= 15 is 0 Å². The first kappa shape index (κ1) is 20.6. The molecule has 142 valence electrons. The predicted molar refractivity (Wildman–Crippen MR) is 108 cm³/mol. The number of halogens is 2. The zero-order valence-corrected chi connectivity index (χ0v) is 17.2. The maximum atomic E-state index is 13.2. The van der Waals surface area contributed by atoms with Crippen molar-refractivity contribution >= 4 is 29.9 Å². The number of methoxy groups -OCH3 is 1. The van der Waals surface area contributed by atoms with E-state index < -0.39 is 0 Å². The number of aliphatic imine (C=N–C) groups is 1. The Kier molecular flexibility index (Phi) is 7.76. The summed E-state index contributed by atoms with van der Waals surface area (Å²) in [5, 5.41) is 11.1. The van der Waals surface area contributed by atoms with Crippen LogP contribution in [0.4, 0.5) is 4.39 Å². The van der Waals surface area contributed by atoms with Crippen LogP contribution in [0, 0.1) is 5.82 Å². The van der Waals surface area contributed by atoms with Gasteiger partial charge in [-0.05, 0) is 24.1 Å². The number of nitrogens with one attached hydrogen (secondary N) is 2. The van der Waals surface area contributed by atoms with Crippen molar-refractivity contribution in [1.82, 2.24) is 25.4 Å².